The predicted molar refractivity (Wildman–Crippen MR) is 100 cm³/mol. The fraction of sp³-hybridized carbons (Fsp3) is 0.190. The van der Waals surface area contributed by atoms with E-state index in [0.29, 0.717) is 18.0 Å². The highest BCUT2D eigenvalue weighted by Crippen LogP contribution is 2.29. The van der Waals surface area contributed by atoms with Crippen LogP contribution in [0.2, 0.25) is 0 Å². The van der Waals surface area contributed by atoms with Crippen molar-refractivity contribution in [1.29, 1.82) is 0 Å². The van der Waals surface area contributed by atoms with E-state index in [4.69, 9.17) is 4.74 Å². The monoisotopic (exact) mass is 347 g/mol. The Kier molecular flexibility index (Phi) is 5.27. The van der Waals surface area contributed by atoms with E-state index in [1.807, 2.05) is 57.2 Å². The zero-order chi connectivity index (χ0) is 18.5. The lowest BCUT2D eigenvalue weighted by Crippen LogP contribution is -2.24. The van der Waals surface area contributed by atoms with Gasteiger partial charge in [0.15, 0.2) is 0 Å². The van der Waals surface area contributed by atoms with Crippen molar-refractivity contribution in [1.82, 2.24) is 15.3 Å². The summed E-state index contributed by atoms with van der Waals surface area (Å²) >= 11 is 0. The van der Waals surface area contributed by atoms with E-state index in [1.54, 1.807) is 18.6 Å². The summed E-state index contributed by atoms with van der Waals surface area (Å²) in [5, 5.41) is 2.91. The Labute approximate surface area is 153 Å². The number of nitrogens with zero attached hydrogens (tertiary/aromatic N) is 2. The van der Waals surface area contributed by atoms with Crippen LogP contribution in [0.4, 0.5) is 0 Å². The molecule has 1 amide bonds. The maximum absolute atomic E-state index is 12.4. The van der Waals surface area contributed by atoms with Crippen LogP contribution in [-0.4, -0.2) is 15.9 Å². The topological polar surface area (TPSA) is 64.1 Å². The third kappa shape index (κ3) is 3.88. The van der Waals surface area contributed by atoms with E-state index >= 15 is 0 Å². The average molecular weight is 347 g/mol. The predicted octanol–water partition coefficient (Wildman–Crippen LogP) is 4.12. The summed E-state index contributed by atoms with van der Waals surface area (Å²) in [6.07, 6.45) is 4.92. The van der Waals surface area contributed by atoms with Gasteiger partial charge in [-0.3, -0.25) is 9.78 Å². The Hall–Kier alpha value is -3.21. The number of pyridine rings is 2. The van der Waals surface area contributed by atoms with Crippen LogP contribution in [-0.2, 0) is 6.54 Å². The van der Waals surface area contributed by atoms with Crippen LogP contribution in [0.5, 0.6) is 11.6 Å². The van der Waals surface area contributed by atoms with Crippen LogP contribution in [0.1, 0.15) is 32.6 Å². The fourth-order valence-electron chi connectivity index (χ4n) is 2.68. The molecular formula is C21H21N3O2. The van der Waals surface area contributed by atoms with Crippen molar-refractivity contribution in [3.05, 3.63) is 82.8 Å². The molecular weight excluding hydrogens is 326 g/mol. The lowest BCUT2D eigenvalue weighted by Gasteiger charge is -2.14. The van der Waals surface area contributed by atoms with E-state index in [-0.39, 0.29) is 5.91 Å². The number of para-hydroxylation sites is 1. The lowest BCUT2D eigenvalue weighted by atomic mass is 10.1. The van der Waals surface area contributed by atoms with Crippen molar-refractivity contribution in [3.8, 4) is 11.6 Å². The van der Waals surface area contributed by atoms with Gasteiger partial charge in [-0.05, 0) is 49.6 Å². The Morgan fingerprint density at radius 1 is 1.00 bits per heavy atom. The second-order valence-corrected chi connectivity index (χ2v) is 6.16. The second kappa shape index (κ2) is 7.78. The molecule has 1 aromatic carbocycles. The largest absolute Gasteiger partial charge is 0.438 e. The molecule has 5 nitrogen and oxygen atoms in total. The number of ether oxygens (including phenoxy) is 1. The number of nitrogens with one attached hydrogen (secondary N) is 1. The zero-order valence-corrected chi connectivity index (χ0v) is 15.1. The van der Waals surface area contributed by atoms with Crippen molar-refractivity contribution in [2.24, 2.45) is 0 Å². The summed E-state index contributed by atoms with van der Waals surface area (Å²) < 4.78 is 6.06. The van der Waals surface area contributed by atoms with Gasteiger partial charge in [0.05, 0.1) is 5.56 Å². The quantitative estimate of drug-likeness (QED) is 0.754. The molecule has 0 unspecified atom stereocenters. The van der Waals surface area contributed by atoms with Crippen LogP contribution in [0.25, 0.3) is 0 Å². The van der Waals surface area contributed by atoms with Gasteiger partial charge in [-0.15, -0.1) is 0 Å². The highest BCUT2D eigenvalue weighted by Gasteiger charge is 2.13. The van der Waals surface area contributed by atoms with Crippen molar-refractivity contribution in [3.63, 3.8) is 0 Å². The van der Waals surface area contributed by atoms with Gasteiger partial charge < -0.3 is 10.1 Å². The van der Waals surface area contributed by atoms with Gasteiger partial charge in [0.2, 0.25) is 5.88 Å². The smallest absolute Gasteiger partial charge is 0.253 e. The first-order valence-electron chi connectivity index (χ1n) is 8.43. The van der Waals surface area contributed by atoms with Crippen LogP contribution in [0, 0.1) is 20.8 Å². The number of hydrogen-bond acceptors (Lipinski definition) is 4. The molecule has 132 valence electrons. The first kappa shape index (κ1) is 17.6. The molecule has 0 saturated carbocycles. The van der Waals surface area contributed by atoms with Gasteiger partial charge >= 0.3 is 0 Å². The maximum Gasteiger partial charge on any atom is 0.253 e. The highest BCUT2D eigenvalue weighted by atomic mass is 16.5. The minimum Gasteiger partial charge on any atom is -0.438 e. The summed E-state index contributed by atoms with van der Waals surface area (Å²) in [4.78, 5) is 20.8. The molecule has 0 bridgehead atoms. The molecule has 0 spiro atoms. The van der Waals surface area contributed by atoms with Gasteiger partial charge in [0.25, 0.3) is 5.91 Å². The molecule has 3 rings (SSSR count). The van der Waals surface area contributed by atoms with Crippen molar-refractivity contribution >= 4 is 5.91 Å². The summed E-state index contributed by atoms with van der Waals surface area (Å²) in [7, 11) is 0. The third-order valence-corrected chi connectivity index (χ3v) is 4.18. The number of benzene rings is 1. The van der Waals surface area contributed by atoms with Gasteiger partial charge in [-0.1, -0.05) is 24.3 Å². The summed E-state index contributed by atoms with van der Waals surface area (Å²) in [5.74, 6) is 1.12. The lowest BCUT2D eigenvalue weighted by molar-refractivity contribution is 0.0949. The Morgan fingerprint density at radius 3 is 2.50 bits per heavy atom. The molecule has 26 heavy (non-hydrogen) atoms. The molecule has 0 radical (unpaired) electrons. The fourth-order valence-corrected chi connectivity index (χ4v) is 2.68. The summed E-state index contributed by atoms with van der Waals surface area (Å²) in [5.41, 5.74) is 4.34. The van der Waals surface area contributed by atoms with Crippen LogP contribution in [0.3, 0.4) is 0 Å². The molecule has 0 fully saturated rings. The van der Waals surface area contributed by atoms with Crippen molar-refractivity contribution in [2.75, 3.05) is 0 Å². The Bertz CT molecular complexity index is 918. The number of carbonyl (C=O) groups excluding carboxylic acids is 1. The molecule has 3 aromatic rings. The molecule has 1 N–H and O–H groups in total. The first-order valence-corrected chi connectivity index (χ1v) is 8.43. The first-order chi connectivity index (χ1) is 12.6. The number of carbonyl (C=O) groups is 1. The highest BCUT2D eigenvalue weighted by molar-refractivity contribution is 5.95. The third-order valence-electron chi connectivity index (χ3n) is 4.18. The maximum atomic E-state index is 12.4. The van der Waals surface area contributed by atoms with E-state index in [0.717, 1.165) is 28.0 Å². The SMILES string of the molecule is Cc1ccncc1C(=O)NCc1cccnc1Oc1c(C)cccc1C. The van der Waals surface area contributed by atoms with Gasteiger partial charge in [0, 0.05) is 30.7 Å². The minimum atomic E-state index is -0.169. The Morgan fingerprint density at radius 2 is 1.77 bits per heavy atom. The molecule has 0 atom stereocenters. The normalized spacial score (nSPS) is 10.4. The van der Waals surface area contributed by atoms with E-state index in [1.165, 1.54) is 0 Å². The number of aryl methyl sites for hydroxylation is 3. The van der Waals surface area contributed by atoms with E-state index in [2.05, 4.69) is 15.3 Å². The summed E-state index contributed by atoms with van der Waals surface area (Å²) in [6.45, 7) is 6.20. The van der Waals surface area contributed by atoms with Gasteiger partial charge in [-0.2, -0.15) is 0 Å². The average Bonchev–Trinajstić information content (AvgIpc) is 2.64. The Balaban J connectivity index is 1.78. The molecule has 0 aliphatic carbocycles. The summed E-state index contributed by atoms with van der Waals surface area (Å²) in [6, 6.07) is 11.5. The standard InChI is InChI=1S/C21H21N3O2/c1-14-9-11-22-13-18(14)20(25)24-12-17-8-5-10-23-21(17)26-19-15(2)6-4-7-16(19)3/h4-11,13H,12H2,1-3H3,(H,24,25). The number of rotatable bonds is 5. The van der Waals surface area contributed by atoms with Crippen LogP contribution in [0.15, 0.2) is 55.0 Å². The van der Waals surface area contributed by atoms with Crippen molar-refractivity contribution < 1.29 is 9.53 Å². The van der Waals surface area contributed by atoms with Crippen LogP contribution < -0.4 is 10.1 Å². The number of aromatic nitrogens is 2. The van der Waals surface area contributed by atoms with E-state index in [9.17, 15) is 4.79 Å². The van der Waals surface area contributed by atoms with Crippen LogP contribution >= 0.6 is 0 Å². The minimum absolute atomic E-state index is 0.169. The second-order valence-electron chi connectivity index (χ2n) is 6.16. The van der Waals surface area contributed by atoms with E-state index < -0.39 is 0 Å². The zero-order valence-electron chi connectivity index (χ0n) is 15.1. The van der Waals surface area contributed by atoms with Crippen molar-refractivity contribution in [2.45, 2.75) is 27.3 Å². The molecule has 2 heterocycles. The molecule has 0 aliphatic heterocycles. The molecule has 5 heteroatoms. The molecule has 0 saturated heterocycles. The molecule has 2 aromatic heterocycles. The number of amides is 1. The number of hydrogen-bond donors (Lipinski definition) is 1. The van der Waals surface area contributed by atoms with Gasteiger partial charge in [0.1, 0.15) is 5.75 Å². The molecule has 0 aliphatic rings. The van der Waals surface area contributed by atoms with Gasteiger partial charge in [-0.25, -0.2) is 4.98 Å².